The van der Waals surface area contributed by atoms with E-state index < -0.39 is 117 Å². The highest BCUT2D eigenvalue weighted by atomic mass is 16.8. The van der Waals surface area contributed by atoms with Gasteiger partial charge in [0.05, 0.1) is 43.5 Å². The highest BCUT2D eigenvalue weighted by Gasteiger charge is 2.54. The molecule has 4 rings (SSSR count). The summed E-state index contributed by atoms with van der Waals surface area (Å²) in [6, 6.07) is -4.32. The second-order valence-electron chi connectivity index (χ2n) is 11.0. The average molecular weight is 597 g/mol. The van der Waals surface area contributed by atoms with Gasteiger partial charge in [0.1, 0.15) is 42.7 Å². The first kappa shape index (κ1) is 32.7. The van der Waals surface area contributed by atoms with Crippen LogP contribution in [0, 0.1) is 0 Å². The third-order valence-electron chi connectivity index (χ3n) is 8.20. The van der Waals surface area contributed by atoms with Crippen molar-refractivity contribution in [1.29, 1.82) is 0 Å². The van der Waals surface area contributed by atoms with Crippen molar-refractivity contribution in [3.63, 3.8) is 0 Å². The molecule has 3 heterocycles. The van der Waals surface area contributed by atoms with Crippen LogP contribution in [0.1, 0.15) is 12.8 Å². The number of nitrogens with two attached hydrogens (primary N) is 4. The number of aliphatic hydroxyl groups excluding tert-OH is 6. The number of ether oxygens (including phenoxy) is 5. The van der Waals surface area contributed by atoms with Gasteiger partial charge in [0.15, 0.2) is 18.9 Å². The SMILES string of the molecule is CNC1C(O[C@H]2OC(CO)[C@@H](NC(=O)CN)[C@H](O)C2O)O[C@H]2CC(N)[C@@H](O[C@@H]3C(N)C[C@@H](N)C(O)[C@H]3O)OC2C1O. The summed E-state index contributed by atoms with van der Waals surface area (Å²) in [4.78, 5) is 11.7. The van der Waals surface area contributed by atoms with Crippen molar-refractivity contribution in [2.75, 3.05) is 20.2 Å². The van der Waals surface area contributed by atoms with E-state index in [1.807, 2.05) is 0 Å². The Hall–Kier alpha value is -1.17. The number of nitrogens with one attached hydrogen (secondary N) is 2. The quantitative estimate of drug-likeness (QED) is 0.124. The monoisotopic (exact) mass is 596 g/mol. The fourth-order valence-electron chi connectivity index (χ4n) is 5.85. The van der Waals surface area contributed by atoms with Crippen LogP contribution in [0.3, 0.4) is 0 Å². The van der Waals surface area contributed by atoms with Crippen molar-refractivity contribution in [3.8, 4) is 0 Å². The Labute approximate surface area is 236 Å². The average Bonchev–Trinajstić information content (AvgIpc) is 2.94. The van der Waals surface area contributed by atoms with Crippen molar-refractivity contribution in [1.82, 2.24) is 10.6 Å². The van der Waals surface area contributed by atoms with E-state index in [9.17, 15) is 35.4 Å². The number of hydrogen-bond donors (Lipinski definition) is 12. The summed E-state index contributed by atoms with van der Waals surface area (Å²) < 4.78 is 29.4. The van der Waals surface area contributed by atoms with Crippen molar-refractivity contribution < 1.29 is 59.1 Å². The summed E-state index contributed by atoms with van der Waals surface area (Å²) in [5.41, 5.74) is 23.5. The van der Waals surface area contributed by atoms with E-state index >= 15 is 0 Å². The number of aliphatic hydroxyl groups is 6. The zero-order valence-corrected chi connectivity index (χ0v) is 22.6. The van der Waals surface area contributed by atoms with Gasteiger partial charge in [-0.25, -0.2) is 0 Å². The number of fused-ring (bicyclic) bond motifs is 1. The van der Waals surface area contributed by atoms with Crippen LogP contribution in [-0.2, 0) is 28.5 Å². The zero-order valence-electron chi connectivity index (χ0n) is 22.6. The van der Waals surface area contributed by atoms with Crippen LogP contribution in [-0.4, -0.2) is 161 Å². The molecule has 0 aromatic heterocycles. The first-order valence-corrected chi connectivity index (χ1v) is 13.6. The number of rotatable bonds is 8. The van der Waals surface area contributed by atoms with Gasteiger partial charge >= 0.3 is 0 Å². The fraction of sp³-hybridized carbons (Fsp3) is 0.957. The van der Waals surface area contributed by atoms with Gasteiger partial charge in [0, 0.05) is 12.1 Å². The van der Waals surface area contributed by atoms with Gasteiger partial charge in [0.2, 0.25) is 5.91 Å². The molecule has 1 aliphatic carbocycles. The normalized spacial score (nSPS) is 50.7. The van der Waals surface area contributed by atoms with Crippen molar-refractivity contribution in [2.24, 2.45) is 22.9 Å². The molecule has 0 spiro atoms. The summed E-state index contributed by atoms with van der Waals surface area (Å²) >= 11 is 0. The molecule has 1 saturated carbocycles. The molecule has 18 nitrogen and oxygen atoms in total. The van der Waals surface area contributed by atoms with E-state index in [0.29, 0.717) is 0 Å². The maximum atomic E-state index is 11.7. The smallest absolute Gasteiger partial charge is 0.234 e. The predicted molar refractivity (Wildman–Crippen MR) is 136 cm³/mol. The Kier molecular flexibility index (Phi) is 10.9. The molecule has 16 N–H and O–H groups in total. The molecule has 17 atom stereocenters. The lowest BCUT2D eigenvalue weighted by molar-refractivity contribution is -0.373. The van der Waals surface area contributed by atoms with Crippen molar-refractivity contribution >= 4 is 5.91 Å². The minimum Gasteiger partial charge on any atom is -0.394 e. The van der Waals surface area contributed by atoms with Crippen LogP contribution in [0.5, 0.6) is 0 Å². The maximum Gasteiger partial charge on any atom is 0.234 e. The Morgan fingerprint density at radius 3 is 2.15 bits per heavy atom. The molecule has 3 saturated heterocycles. The fourth-order valence-corrected chi connectivity index (χ4v) is 5.85. The number of carbonyl (C=O) groups excluding carboxylic acids is 1. The van der Waals surface area contributed by atoms with Crippen LogP contribution in [0.25, 0.3) is 0 Å². The molecule has 1 amide bonds. The molecule has 18 heteroatoms. The van der Waals surface area contributed by atoms with Gasteiger partial charge in [-0.2, -0.15) is 0 Å². The highest BCUT2D eigenvalue weighted by Crippen LogP contribution is 2.35. The first-order chi connectivity index (χ1) is 19.4. The molecule has 0 radical (unpaired) electrons. The summed E-state index contributed by atoms with van der Waals surface area (Å²) in [5.74, 6) is -0.627. The summed E-state index contributed by atoms with van der Waals surface area (Å²) in [6.07, 6.45) is -14.7. The minimum atomic E-state index is -1.67. The van der Waals surface area contributed by atoms with E-state index in [0.717, 1.165) is 0 Å². The van der Waals surface area contributed by atoms with Crippen molar-refractivity contribution in [3.05, 3.63) is 0 Å². The van der Waals surface area contributed by atoms with Crippen LogP contribution < -0.4 is 33.6 Å². The van der Waals surface area contributed by atoms with Gasteiger partial charge in [-0.05, 0) is 19.9 Å². The maximum absolute atomic E-state index is 11.7. The Morgan fingerprint density at radius 1 is 0.805 bits per heavy atom. The molecular weight excluding hydrogens is 552 g/mol. The largest absolute Gasteiger partial charge is 0.394 e. The lowest BCUT2D eigenvalue weighted by Gasteiger charge is -2.51. The minimum absolute atomic E-state index is 0.117. The van der Waals surface area contributed by atoms with E-state index in [-0.39, 0.29) is 19.4 Å². The number of amides is 1. The molecule has 0 bridgehead atoms. The van der Waals surface area contributed by atoms with Gasteiger partial charge in [-0.15, -0.1) is 0 Å². The summed E-state index contributed by atoms with van der Waals surface area (Å²) in [6.45, 7) is -1.00. The molecule has 4 aliphatic rings. The van der Waals surface area contributed by atoms with Crippen LogP contribution >= 0.6 is 0 Å². The van der Waals surface area contributed by atoms with E-state index in [1.54, 1.807) is 0 Å². The Balaban J connectivity index is 1.43. The van der Waals surface area contributed by atoms with Gasteiger partial charge in [0.25, 0.3) is 0 Å². The number of carbonyl (C=O) groups is 1. The van der Waals surface area contributed by atoms with Crippen molar-refractivity contribution in [2.45, 2.75) is 117 Å². The summed E-state index contributed by atoms with van der Waals surface area (Å²) in [5, 5.41) is 68.2. The van der Waals surface area contributed by atoms with Crippen LogP contribution in [0.15, 0.2) is 0 Å². The molecular formula is C23H44N6O12. The Morgan fingerprint density at radius 2 is 1.51 bits per heavy atom. The molecule has 9 unspecified atom stereocenters. The molecule has 0 aromatic rings. The molecule has 0 aromatic carbocycles. The standard InChI is InChI=1S/C23H44N6O12/c1-28-13-16(34)20-9(3-8(27)21(40-20)39-19-7(26)2-6(25)14(32)17(19)35)37-22(13)41-23-18(36)15(33)12(10(5-30)38-23)29-11(31)4-24/h6-10,12-23,28,30,32-36H,2-5,24-27H2,1H3,(H,29,31)/t6-,7?,8?,9+,10?,12-,13?,14?,15+,16?,17-,18?,19-,20?,21+,22?,23-/m1/s1. The van der Waals surface area contributed by atoms with E-state index in [1.165, 1.54) is 7.05 Å². The van der Waals surface area contributed by atoms with Crippen LogP contribution in [0.4, 0.5) is 0 Å². The third kappa shape index (κ3) is 6.68. The number of likely N-dealkylation sites (N-methyl/N-ethyl adjacent to an activating group) is 1. The van der Waals surface area contributed by atoms with Crippen LogP contribution in [0.2, 0.25) is 0 Å². The third-order valence-corrected chi connectivity index (χ3v) is 8.20. The zero-order chi connectivity index (χ0) is 30.2. The molecule has 4 fully saturated rings. The second-order valence-corrected chi connectivity index (χ2v) is 11.0. The molecule has 238 valence electrons. The Bertz CT molecular complexity index is 877. The first-order valence-electron chi connectivity index (χ1n) is 13.6. The highest BCUT2D eigenvalue weighted by molar-refractivity contribution is 5.78. The van der Waals surface area contributed by atoms with E-state index in [4.69, 9.17) is 46.6 Å². The lowest BCUT2D eigenvalue weighted by atomic mass is 9.84. The predicted octanol–water partition coefficient (Wildman–Crippen LogP) is -7.83. The van der Waals surface area contributed by atoms with Gasteiger partial charge in [-0.1, -0.05) is 0 Å². The van der Waals surface area contributed by atoms with Gasteiger partial charge < -0.3 is 87.9 Å². The lowest BCUT2D eigenvalue weighted by Crippen LogP contribution is -2.70. The topological polar surface area (TPSA) is 313 Å². The molecule has 3 aliphatic heterocycles. The second kappa shape index (κ2) is 13.6. The van der Waals surface area contributed by atoms with E-state index in [2.05, 4.69) is 10.6 Å². The van der Waals surface area contributed by atoms with Gasteiger partial charge in [-0.3, -0.25) is 4.79 Å². The summed E-state index contributed by atoms with van der Waals surface area (Å²) in [7, 11) is 1.53. The molecule has 41 heavy (non-hydrogen) atoms. The number of hydrogen-bond acceptors (Lipinski definition) is 17.